The topological polar surface area (TPSA) is 80.9 Å². The number of nitrogens with zero attached hydrogens (tertiary/aromatic N) is 2. The highest BCUT2D eigenvalue weighted by Crippen LogP contribution is 2.29. The van der Waals surface area contributed by atoms with E-state index in [0.717, 1.165) is 15.8 Å². The molecule has 2 heterocycles. The molecule has 2 aromatic heterocycles. The van der Waals surface area contributed by atoms with E-state index in [1.165, 1.54) is 6.33 Å². The van der Waals surface area contributed by atoms with Gasteiger partial charge in [0.05, 0.1) is 10.2 Å². The molecule has 0 radical (unpaired) electrons. The first-order chi connectivity index (χ1) is 8.50. The summed E-state index contributed by atoms with van der Waals surface area (Å²) in [5.74, 6) is 0.411. The van der Waals surface area contributed by atoms with E-state index in [9.17, 15) is 4.79 Å². The lowest BCUT2D eigenvalue weighted by Crippen LogP contribution is -2.39. The van der Waals surface area contributed by atoms with Crippen LogP contribution in [0.15, 0.2) is 11.7 Å². The van der Waals surface area contributed by atoms with Gasteiger partial charge in [0.25, 0.3) is 0 Å². The molecular formula is C12H16N4OS. The molecular weight excluding hydrogens is 248 g/mol. The zero-order chi connectivity index (χ0) is 13.3. The second-order valence-corrected chi connectivity index (χ2v) is 5.47. The summed E-state index contributed by atoms with van der Waals surface area (Å²) in [6.07, 6.45) is 1.50. The van der Waals surface area contributed by atoms with Gasteiger partial charge in [0.1, 0.15) is 18.2 Å². The second-order valence-electron chi connectivity index (χ2n) is 4.59. The first-order valence-electron chi connectivity index (χ1n) is 5.75. The lowest BCUT2D eigenvalue weighted by atomic mass is 10.0. The number of hydrogen-bond acceptors (Lipinski definition) is 5. The number of aromatic nitrogens is 2. The Morgan fingerprint density at radius 2 is 2.17 bits per heavy atom. The predicted octanol–water partition coefficient (Wildman–Crippen LogP) is 1.92. The van der Waals surface area contributed by atoms with Crippen molar-refractivity contribution in [3.05, 3.63) is 17.3 Å². The molecule has 1 unspecified atom stereocenters. The summed E-state index contributed by atoms with van der Waals surface area (Å²) < 4.78 is 0.960. The van der Waals surface area contributed by atoms with Gasteiger partial charge in [-0.2, -0.15) is 0 Å². The van der Waals surface area contributed by atoms with Crippen LogP contribution in [0.3, 0.4) is 0 Å². The summed E-state index contributed by atoms with van der Waals surface area (Å²) in [5.41, 5.74) is 7.43. The minimum Gasteiger partial charge on any atom is -0.368 e. The molecule has 0 aliphatic heterocycles. The monoisotopic (exact) mass is 264 g/mol. The summed E-state index contributed by atoms with van der Waals surface area (Å²) in [6, 6.07) is -0.425. The van der Waals surface area contributed by atoms with Gasteiger partial charge in [0.2, 0.25) is 5.91 Å². The Balaban J connectivity index is 2.39. The van der Waals surface area contributed by atoms with Crippen LogP contribution in [0.1, 0.15) is 19.4 Å². The molecule has 0 fully saturated rings. The third-order valence-electron chi connectivity index (χ3n) is 2.80. The van der Waals surface area contributed by atoms with E-state index >= 15 is 0 Å². The smallest absolute Gasteiger partial charge is 0.240 e. The molecule has 2 aromatic rings. The van der Waals surface area contributed by atoms with E-state index < -0.39 is 6.04 Å². The number of anilines is 1. The van der Waals surface area contributed by atoms with E-state index in [2.05, 4.69) is 15.3 Å². The fourth-order valence-electron chi connectivity index (χ4n) is 1.79. The van der Waals surface area contributed by atoms with Gasteiger partial charge in [-0.1, -0.05) is 13.8 Å². The van der Waals surface area contributed by atoms with Crippen molar-refractivity contribution in [2.24, 2.45) is 11.7 Å². The Bertz CT molecular complexity index is 578. The predicted molar refractivity (Wildman–Crippen MR) is 73.6 cm³/mol. The molecule has 0 aliphatic rings. The van der Waals surface area contributed by atoms with Crippen molar-refractivity contribution in [3.8, 4) is 0 Å². The molecule has 18 heavy (non-hydrogen) atoms. The van der Waals surface area contributed by atoms with Crippen molar-refractivity contribution in [3.63, 3.8) is 0 Å². The quantitative estimate of drug-likeness (QED) is 0.884. The molecule has 96 valence electrons. The van der Waals surface area contributed by atoms with E-state index in [4.69, 9.17) is 5.73 Å². The van der Waals surface area contributed by atoms with Crippen molar-refractivity contribution in [1.82, 2.24) is 9.97 Å². The maximum atomic E-state index is 11.4. The van der Waals surface area contributed by atoms with Crippen LogP contribution in [0.25, 0.3) is 10.2 Å². The first-order valence-corrected chi connectivity index (χ1v) is 6.63. The summed E-state index contributed by atoms with van der Waals surface area (Å²) >= 11 is 1.57. The molecule has 0 saturated heterocycles. The van der Waals surface area contributed by atoms with Gasteiger partial charge in [0, 0.05) is 0 Å². The van der Waals surface area contributed by atoms with Gasteiger partial charge >= 0.3 is 0 Å². The Labute approximate surface area is 109 Å². The molecule has 0 aromatic carbocycles. The third-order valence-corrected chi connectivity index (χ3v) is 3.89. The maximum absolute atomic E-state index is 11.4. The zero-order valence-corrected chi connectivity index (χ0v) is 11.4. The number of nitrogens with one attached hydrogen (secondary N) is 1. The number of nitrogens with two attached hydrogens (primary N) is 1. The normalized spacial score (nSPS) is 12.9. The molecule has 3 N–H and O–H groups in total. The minimum absolute atomic E-state index is 0.105. The van der Waals surface area contributed by atoms with Crippen LogP contribution in [-0.4, -0.2) is 21.9 Å². The minimum atomic E-state index is -0.425. The van der Waals surface area contributed by atoms with Gasteiger partial charge in [0.15, 0.2) is 0 Å². The van der Waals surface area contributed by atoms with Crippen LogP contribution in [0, 0.1) is 12.8 Å². The lowest BCUT2D eigenvalue weighted by Gasteiger charge is -2.19. The van der Waals surface area contributed by atoms with Crippen molar-refractivity contribution >= 4 is 33.3 Å². The van der Waals surface area contributed by atoms with Gasteiger partial charge in [-0.05, 0) is 23.8 Å². The van der Waals surface area contributed by atoms with Crippen LogP contribution in [0.2, 0.25) is 0 Å². The molecule has 0 spiro atoms. The Hall–Kier alpha value is -1.69. The highest BCUT2D eigenvalue weighted by molar-refractivity contribution is 7.18. The Kier molecular flexibility index (Phi) is 3.47. The van der Waals surface area contributed by atoms with E-state index in [1.807, 2.05) is 26.2 Å². The van der Waals surface area contributed by atoms with Crippen molar-refractivity contribution in [1.29, 1.82) is 0 Å². The van der Waals surface area contributed by atoms with Crippen molar-refractivity contribution < 1.29 is 4.79 Å². The molecule has 1 atom stereocenters. The first kappa shape index (κ1) is 12.8. The average Bonchev–Trinajstić information content (AvgIpc) is 2.68. The zero-order valence-electron chi connectivity index (χ0n) is 10.6. The average molecular weight is 264 g/mol. The number of carbonyl (C=O) groups is 1. The molecule has 2 rings (SSSR count). The number of amides is 1. The molecule has 0 bridgehead atoms. The fraction of sp³-hybridized carbons (Fsp3) is 0.417. The summed E-state index contributed by atoms with van der Waals surface area (Å²) in [4.78, 5) is 19.9. The number of fused-ring (bicyclic) bond motifs is 1. The van der Waals surface area contributed by atoms with Crippen LogP contribution in [0.4, 0.5) is 5.82 Å². The number of thiophene rings is 1. The second kappa shape index (κ2) is 4.89. The van der Waals surface area contributed by atoms with Gasteiger partial charge in [-0.3, -0.25) is 4.79 Å². The SMILES string of the molecule is Cc1csc2c(NC(C(N)=O)C(C)C)ncnc12. The van der Waals surface area contributed by atoms with Crippen LogP contribution < -0.4 is 11.1 Å². The number of rotatable bonds is 4. The number of aryl methyl sites for hydroxylation is 1. The highest BCUT2D eigenvalue weighted by Gasteiger charge is 2.21. The van der Waals surface area contributed by atoms with Crippen LogP contribution in [-0.2, 0) is 4.79 Å². The van der Waals surface area contributed by atoms with Gasteiger partial charge < -0.3 is 11.1 Å². The Morgan fingerprint density at radius 3 is 2.78 bits per heavy atom. The fourth-order valence-corrected chi connectivity index (χ4v) is 2.74. The summed E-state index contributed by atoms with van der Waals surface area (Å²) in [5, 5.41) is 5.15. The van der Waals surface area contributed by atoms with Crippen LogP contribution in [0.5, 0.6) is 0 Å². The Morgan fingerprint density at radius 1 is 1.44 bits per heavy atom. The number of carbonyl (C=O) groups excluding carboxylic acids is 1. The summed E-state index contributed by atoms with van der Waals surface area (Å²) in [6.45, 7) is 5.89. The van der Waals surface area contributed by atoms with Crippen LogP contribution >= 0.6 is 11.3 Å². The molecule has 6 heteroatoms. The van der Waals surface area contributed by atoms with E-state index in [1.54, 1.807) is 11.3 Å². The molecule has 0 aliphatic carbocycles. The standard InChI is InChI=1S/C12H16N4OS/c1-6(2)8(11(13)17)16-12-10-9(14-5-15-12)7(3)4-18-10/h4-6,8H,1-3H3,(H2,13,17)(H,14,15,16). The molecule has 5 nitrogen and oxygen atoms in total. The number of hydrogen-bond donors (Lipinski definition) is 2. The maximum Gasteiger partial charge on any atom is 0.240 e. The third kappa shape index (κ3) is 2.28. The van der Waals surface area contributed by atoms with Gasteiger partial charge in [-0.25, -0.2) is 9.97 Å². The molecule has 0 saturated carbocycles. The van der Waals surface area contributed by atoms with Crippen molar-refractivity contribution in [2.75, 3.05) is 5.32 Å². The summed E-state index contributed by atoms with van der Waals surface area (Å²) in [7, 11) is 0. The largest absolute Gasteiger partial charge is 0.368 e. The number of primary amides is 1. The van der Waals surface area contributed by atoms with E-state index in [0.29, 0.717) is 5.82 Å². The van der Waals surface area contributed by atoms with Gasteiger partial charge in [-0.15, -0.1) is 11.3 Å². The molecule has 1 amide bonds. The lowest BCUT2D eigenvalue weighted by molar-refractivity contribution is -0.119. The van der Waals surface area contributed by atoms with Crippen molar-refractivity contribution in [2.45, 2.75) is 26.8 Å². The van der Waals surface area contributed by atoms with E-state index in [-0.39, 0.29) is 11.8 Å². The highest BCUT2D eigenvalue weighted by atomic mass is 32.1.